The molecule has 48 valence electrons. The summed E-state index contributed by atoms with van der Waals surface area (Å²) in [7, 11) is -3.92. The number of hydrogen-bond donors (Lipinski definition) is 1. The van der Waals surface area contributed by atoms with E-state index in [4.69, 9.17) is 13.0 Å². The van der Waals surface area contributed by atoms with Gasteiger partial charge in [-0.1, -0.05) is 0 Å². The second-order valence-electron chi connectivity index (χ2n) is 0.704. The molecule has 0 aliphatic rings. The van der Waals surface area contributed by atoms with Crippen molar-refractivity contribution in [3.05, 3.63) is 0 Å². The molecule has 0 unspecified atom stereocenters. The van der Waals surface area contributed by atoms with Crippen LogP contribution in [0.25, 0.3) is 0 Å². The minimum atomic E-state index is -3.92. The van der Waals surface area contributed by atoms with Gasteiger partial charge in [0.15, 0.2) is 0 Å². The topological polar surface area (TPSA) is 93.7 Å². The molecular weight excluding hydrogens is 125 g/mol. The molecule has 0 aromatic heterocycles. The van der Waals surface area contributed by atoms with Gasteiger partial charge >= 0.3 is 0 Å². The van der Waals surface area contributed by atoms with Crippen LogP contribution in [-0.4, -0.2) is 19.2 Å². The van der Waals surface area contributed by atoms with Gasteiger partial charge in [0.1, 0.15) is 0 Å². The Balaban J connectivity index is -0.0000000800. The molecule has 7 heavy (non-hydrogen) atoms. The molecule has 0 heterocycles. The highest BCUT2D eigenvalue weighted by atomic mass is 32.2. The minimum Gasteiger partial charge on any atom is -0.748 e. The van der Waals surface area contributed by atoms with E-state index in [2.05, 4.69) is 0 Å². The van der Waals surface area contributed by atoms with Crippen molar-refractivity contribution in [3.63, 3.8) is 0 Å². The van der Waals surface area contributed by atoms with Crippen LogP contribution in [0.2, 0.25) is 0 Å². The highest BCUT2D eigenvalue weighted by Gasteiger charge is 1.65. The molecule has 0 saturated carbocycles. The zero-order chi connectivity index (χ0) is 4.50. The first-order chi connectivity index (χ1) is 2.00. The zero-order valence-electron chi connectivity index (χ0n) is 4.04. The Morgan fingerprint density at radius 1 is 1.43 bits per heavy atom. The van der Waals surface area contributed by atoms with Crippen LogP contribution in [0, 0.1) is 0 Å². The van der Waals surface area contributed by atoms with Crippen LogP contribution < -0.4 is 6.15 Å². The third-order valence-electron chi connectivity index (χ3n) is 0. The Bertz CT molecular complexity index is 98.1. The van der Waals surface area contributed by atoms with Gasteiger partial charge < -0.3 is 10.7 Å². The van der Waals surface area contributed by atoms with Crippen molar-refractivity contribution >= 4 is 10.1 Å². The smallest absolute Gasteiger partial charge is 0.0916 e. The lowest BCUT2D eigenvalue weighted by molar-refractivity contribution is 0.470. The van der Waals surface area contributed by atoms with Crippen molar-refractivity contribution in [2.45, 2.75) is 0 Å². The number of hydrogen-bond acceptors (Lipinski definition) is 3. The molecule has 0 radical (unpaired) electrons. The van der Waals surface area contributed by atoms with E-state index >= 15 is 0 Å². The first-order valence-electron chi connectivity index (χ1n) is 0.908. The summed E-state index contributed by atoms with van der Waals surface area (Å²) in [5, 5.41) is 0. The summed E-state index contributed by atoms with van der Waals surface area (Å²) in [5.41, 5.74) is 0. The molecule has 6 heteroatoms. The Morgan fingerprint density at radius 2 is 1.43 bits per heavy atom. The van der Waals surface area contributed by atoms with E-state index in [-0.39, 0.29) is 10.9 Å². The van der Waals surface area contributed by atoms with E-state index in [1.165, 1.54) is 0 Å². The van der Waals surface area contributed by atoms with Gasteiger partial charge in [-0.15, -0.1) is 0 Å². The van der Waals surface area contributed by atoms with E-state index in [1.54, 1.807) is 0 Å². The van der Waals surface area contributed by atoms with Crippen LogP contribution in [0.5, 0.6) is 0 Å². The van der Waals surface area contributed by atoms with Gasteiger partial charge in [-0.3, -0.25) is 4.70 Å². The Labute approximate surface area is 41.2 Å². The standard InChI is InChI=1S/CH4O3S.FH.H3N/c1-5(2,3)4;;/h1H3,(H,2,3,4);1H;1H3. The Hall–Kier alpha value is -0.200. The summed E-state index contributed by atoms with van der Waals surface area (Å²) in [4.78, 5) is 0. The minimum absolute atomic E-state index is 0. The van der Waals surface area contributed by atoms with Crippen LogP contribution >= 0.6 is 0 Å². The highest BCUT2D eigenvalue weighted by Crippen LogP contribution is 1.59. The van der Waals surface area contributed by atoms with Crippen LogP contribution in [0.4, 0.5) is 4.70 Å². The number of halogens is 1. The lowest BCUT2D eigenvalue weighted by Crippen LogP contribution is -1.88. The molecule has 0 saturated heterocycles. The first-order valence-corrected chi connectivity index (χ1v) is 2.72. The van der Waals surface area contributed by atoms with Gasteiger partial charge in [0.05, 0.1) is 10.1 Å². The molecule has 4 nitrogen and oxygen atoms in total. The average Bonchev–Trinajstić information content (AvgIpc) is 0.722. The summed E-state index contributed by atoms with van der Waals surface area (Å²) in [6.45, 7) is 0. The molecule has 0 atom stereocenters. The van der Waals surface area contributed by atoms with Crippen molar-refractivity contribution in [2.75, 3.05) is 6.26 Å². The number of rotatable bonds is 0. The summed E-state index contributed by atoms with van der Waals surface area (Å²) in [5.74, 6) is 0. The molecule has 0 rings (SSSR count). The fourth-order valence-corrected chi connectivity index (χ4v) is 0. The van der Waals surface area contributed by atoms with E-state index in [9.17, 15) is 0 Å². The fraction of sp³-hybridized carbons (Fsp3) is 1.00. The summed E-state index contributed by atoms with van der Waals surface area (Å²) < 4.78 is 27.2. The van der Waals surface area contributed by atoms with Crippen molar-refractivity contribution in [2.24, 2.45) is 0 Å². The molecule has 0 aromatic rings. The maximum Gasteiger partial charge on any atom is 0.0916 e. The third kappa shape index (κ3) is 2090. The summed E-state index contributed by atoms with van der Waals surface area (Å²) in [6, 6.07) is 0. The SMILES string of the molecule is CS(=O)(=O)[O-].F.[NH4+]. The van der Waals surface area contributed by atoms with Crippen LogP contribution in [0.15, 0.2) is 0 Å². The van der Waals surface area contributed by atoms with Crippen molar-refractivity contribution in [1.82, 2.24) is 6.15 Å². The van der Waals surface area contributed by atoms with E-state index < -0.39 is 10.1 Å². The van der Waals surface area contributed by atoms with E-state index in [1.807, 2.05) is 0 Å². The van der Waals surface area contributed by atoms with Crippen molar-refractivity contribution in [3.8, 4) is 0 Å². The maximum atomic E-state index is 9.08. The van der Waals surface area contributed by atoms with Gasteiger partial charge in [-0.05, 0) is 0 Å². The van der Waals surface area contributed by atoms with Gasteiger partial charge in [-0.25, -0.2) is 8.42 Å². The molecule has 0 bridgehead atoms. The molecular formula is CH8FNO3S. The van der Waals surface area contributed by atoms with Crippen LogP contribution in [0.3, 0.4) is 0 Å². The second-order valence-corrected chi connectivity index (χ2v) is 2.11. The van der Waals surface area contributed by atoms with Crippen LogP contribution in [-0.2, 0) is 10.1 Å². The fourth-order valence-electron chi connectivity index (χ4n) is 0. The predicted molar refractivity (Wildman–Crippen MR) is 24.1 cm³/mol. The number of quaternary nitrogens is 1. The quantitative estimate of drug-likeness (QED) is 0.459. The molecule has 0 spiro atoms. The van der Waals surface area contributed by atoms with Gasteiger partial charge in [0, 0.05) is 6.26 Å². The van der Waals surface area contributed by atoms with Crippen molar-refractivity contribution < 1.29 is 17.7 Å². The lowest BCUT2D eigenvalue weighted by Gasteiger charge is -1.90. The zero-order valence-corrected chi connectivity index (χ0v) is 4.86. The largest absolute Gasteiger partial charge is 0.748 e. The summed E-state index contributed by atoms with van der Waals surface area (Å²) >= 11 is 0. The van der Waals surface area contributed by atoms with Gasteiger partial charge in [0.2, 0.25) is 0 Å². The Kier molecular flexibility index (Phi) is 8.99. The third-order valence-corrected chi connectivity index (χ3v) is 0. The van der Waals surface area contributed by atoms with E-state index in [0.29, 0.717) is 6.26 Å². The average molecular weight is 133 g/mol. The molecule has 0 fully saturated rings. The van der Waals surface area contributed by atoms with Gasteiger partial charge in [-0.2, -0.15) is 0 Å². The molecule has 4 N–H and O–H groups in total. The molecule has 0 amide bonds. The predicted octanol–water partition coefficient (Wildman–Crippen LogP) is -0.310. The highest BCUT2D eigenvalue weighted by molar-refractivity contribution is 7.84. The lowest BCUT2D eigenvalue weighted by atomic mass is 12.0. The summed E-state index contributed by atoms with van der Waals surface area (Å²) in [6.07, 6.45) is 0.604. The first kappa shape index (κ1) is 15.8. The second kappa shape index (κ2) is 3.97. The molecule has 0 aliphatic carbocycles. The Morgan fingerprint density at radius 3 is 1.43 bits per heavy atom. The molecule has 0 aromatic carbocycles. The monoisotopic (exact) mass is 133 g/mol. The molecule has 0 aliphatic heterocycles. The van der Waals surface area contributed by atoms with Gasteiger partial charge in [0.25, 0.3) is 0 Å². The normalized spacial score (nSPS) is 8.29. The van der Waals surface area contributed by atoms with Crippen LogP contribution in [0.1, 0.15) is 0 Å². The van der Waals surface area contributed by atoms with Crippen molar-refractivity contribution in [1.29, 1.82) is 0 Å². The maximum absolute atomic E-state index is 9.08. The van der Waals surface area contributed by atoms with E-state index in [0.717, 1.165) is 0 Å².